The summed E-state index contributed by atoms with van der Waals surface area (Å²) in [6.07, 6.45) is 27.5. The Bertz CT molecular complexity index is 972. The highest BCUT2D eigenvalue weighted by Crippen LogP contribution is 2.23. The van der Waals surface area contributed by atoms with E-state index in [2.05, 4.69) is 189 Å². The van der Waals surface area contributed by atoms with Crippen LogP contribution in [0.4, 0.5) is 0 Å². The van der Waals surface area contributed by atoms with Crippen molar-refractivity contribution in [3.8, 4) is 0 Å². The lowest BCUT2D eigenvalue weighted by molar-refractivity contribution is 0.373. The summed E-state index contributed by atoms with van der Waals surface area (Å²) in [6, 6.07) is 0. The molecule has 0 nitrogen and oxygen atoms in total. The number of rotatable bonds is 13. The lowest BCUT2D eigenvalue weighted by Crippen LogP contribution is -2.02. The Kier molecular flexibility index (Phi) is 32.2. The molecule has 0 bridgehead atoms. The molecule has 0 saturated heterocycles. The Morgan fingerprint density at radius 1 is 0.347 bits per heavy atom. The maximum absolute atomic E-state index is 2.41. The molecule has 0 saturated carbocycles. The van der Waals surface area contributed by atoms with E-state index in [1.165, 1.54) is 104 Å². The topological polar surface area (TPSA) is 0 Å². The van der Waals surface area contributed by atoms with Crippen LogP contribution in [0.1, 0.15) is 223 Å². The zero-order chi connectivity index (χ0) is 39.5. The average Bonchev–Trinajstić information content (AvgIpc) is 2.88. The van der Waals surface area contributed by atoms with Gasteiger partial charge in [0.15, 0.2) is 0 Å². The normalized spacial score (nSPS) is 12.7. The number of hydrogen-bond acceptors (Lipinski definition) is 0. The summed E-state index contributed by atoms with van der Waals surface area (Å²) in [5.74, 6) is 0. The van der Waals surface area contributed by atoms with E-state index in [4.69, 9.17) is 0 Å². The summed E-state index contributed by atoms with van der Waals surface area (Å²) < 4.78 is 0. The Labute approximate surface area is 313 Å². The summed E-state index contributed by atoms with van der Waals surface area (Å²) in [6.45, 7) is 49.3. The Morgan fingerprint density at radius 2 is 0.612 bits per heavy atom. The smallest absolute Gasteiger partial charge is 0.0288 e. The lowest BCUT2D eigenvalue weighted by atomic mass is 9.91. The van der Waals surface area contributed by atoms with Gasteiger partial charge in [-0.2, -0.15) is 0 Å². The van der Waals surface area contributed by atoms with E-state index in [-0.39, 0.29) is 0 Å². The third kappa shape index (κ3) is 62.1. The monoisotopic (exact) mass is 683 g/mol. The fourth-order valence-electron chi connectivity index (χ4n) is 4.25. The van der Waals surface area contributed by atoms with Gasteiger partial charge in [0.1, 0.15) is 0 Å². The van der Waals surface area contributed by atoms with Crippen molar-refractivity contribution < 1.29 is 0 Å². The SMILES string of the molecule is CC(C)=CCC(C)(C)C.CC(C)=CCC/C(C)=C/CC(C)(C)C.CC(C)=CCC/C(C)=C/CC/C(C)=C/CC(C)(C)C.CCCC(C)(C)C. The molecule has 0 rings (SSSR count). The molecule has 0 aromatic rings. The molecule has 0 heterocycles. The third-order valence-corrected chi connectivity index (χ3v) is 7.46. The van der Waals surface area contributed by atoms with E-state index >= 15 is 0 Å². The first kappa shape index (κ1) is 54.2. The first-order chi connectivity index (χ1) is 22.0. The van der Waals surface area contributed by atoms with Crippen LogP contribution in [-0.2, 0) is 0 Å². The summed E-state index contributed by atoms with van der Waals surface area (Å²) in [5, 5.41) is 0. The van der Waals surface area contributed by atoms with E-state index in [9.17, 15) is 0 Å². The number of hydrogen-bond donors (Lipinski definition) is 0. The van der Waals surface area contributed by atoms with Crippen LogP contribution in [0.15, 0.2) is 69.9 Å². The van der Waals surface area contributed by atoms with Crippen molar-refractivity contribution in [3.63, 3.8) is 0 Å². The van der Waals surface area contributed by atoms with Crippen LogP contribution in [0, 0.1) is 21.7 Å². The van der Waals surface area contributed by atoms with Crippen molar-refractivity contribution in [1.82, 2.24) is 0 Å². The van der Waals surface area contributed by atoms with E-state index in [0.717, 1.165) is 0 Å². The highest BCUT2D eigenvalue weighted by molar-refractivity contribution is 5.06. The predicted molar refractivity (Wildman–Crippen MR) is 234 cm³/mol. The number of allylic oxidation sites excluding steroid dienone is 12. The summed E-state index contributed by atoms with van der Waals surface area (Å²) in [4.78, 5) is 0. The van der Waals surface area contributed by atoms with Crippen LogP contribution in [-0.4, -0.2) is 0 Å². The van der Waals surface area contributed by atoms with Gasteiger partial charge in [-0.15, -0.1) is 0 Å². The molecular weight excluding hydrogens is 589 g/mol. The molecule has 0 unspecified atom stereocenters. The molecule has 0 N–H and O–H groups in total. The molecule has 0 atom stereocenters. The minimum Gasteiger partial charge on any atom is -0.0856 e. The van der Waals surface area contributed by atoms with Crippen molar-refractivity contribution in [3.05, 3.63) is 69.9 Å². The van der Waals surface area contributed by atoms with E-state index in [1.807, 2.05) is 0 Å². The molecule has 0 radical (unpaired) electrons. The van der Waals surface area contributed by atoms with E-state index in [0.29, 0.717) is 21.7 Å². The van der Waals surface area contributed by atoms with Crippen LogP contribution in [0.3, 0.4) is 0 Å². The van der Waals surface area contributed by atoms with Gasteiger partial charge < -0.3 is 0 Å². The van der Waals surface area contributed by atoms with Gasteiger partial charge >= 0.3 is 0 Å². The quantitative estimate of drug-likeness (QED) is 0.170. The summed E-state index contributed by atoms with van der Waals surface area (Å²) in [5.41, 5.74) is 10.7. The largest absolute Gasteiger partial charge is 0.0856 e. The Hall–Kier alpha value is -1.56. The molecule has 0 fully saturated rings. The van der Waals surface area contributed by atoms with Crippen molar-refractivity contribution in [1.29, 1.82) is 0 Å². The van der Waals surface area contributed by atoms with Crippen LogP contribution in [0.2, 0.25) is 0 Å². The first-order valence-corrected chi connectivity index (χ1v) is 19.9. The van der Waals surface area contributed by atoms with Gasteiger partial charge in [0.25, 0.3) is 0 Å². The van der Waals surface area contributed by atoms with Gasteiger partial charge in [0, 0.05) is 0 Å². The second-order valence-corrected chi connectivity index (χ2v) is 20.2. The molecule has 0 spiro atoms. The third-order valence-electron chi connectivity index (χ3n) is 7.46. The average molecular weight is 683 g/mol. The zero-order valence-corrected chi connectivity index (χ0v) is 38.2. The fraction of sp³-hybridized carbons (Fsp3) is 0.755. The van der Waals surface area contributed by atoms with Gasteiger partial charge in [-0.25, -0.2) is 0 Å². The standard InChI is InChI=1S/C19H34.C14H26.C9H18.C7H16/c1-16(2)10-8-11-17(3)12-9-13-18(4)14-15-19(5,6)7;1-12(2)8-7-9-13(3)10-11-14(4,5)6;1-8(2)6-7-9(3,4)5;1-5-6-7(2,3)4/h10,12,14H,8-9,11,13,15H2,1-7H3;8,10H,7,9,11H2,1-6H3;6H,7H2,1-5H3;5-6H2,1-4H3/b17-12+,18-14+;13-10+;;. The van der Waals surface area contributed by atoms with Gasteiger partial charge in [0.2, 0.25) is 0 Å². The van der Waals surface area contributed by atoms with Crippen molar-refractivity contribution in [2.75, 3.05) is 0 Å². The van der Waals surface area contributed by atoms with Gasteiger partial charge in [-0.1, -0.05) is 166 Å². The zero-order valence-electron chi connectivity index (χ0n) is 38.2. The second-order valence-electron chi connectivity index (χ2n) is 20.2. The minimum absolute atomic E-state index is 0.414. The molecule has 0 amide bonds. The molecule has 0 aromatic heterocycles. The Balaban J connectivity index is -0.000000296. The fourth-order valence-corrected chi connectivity index (χ4v) is 4.25. The van der Waals surface area contributed by atoms with Crippen LogP contribution < -0.4 is 0 Å². The van der Waals surface area contributed by atoms with Crippen LogP contribution in [0.5, 0.6) is 0 Å². The summed E-state index contributed by atoms with van der Waals surface area (Å²) >= 11 is 0. The maximum atomic E-state index is 2.41. The summed E-state index contributed by atoms with van der Waals surface area (Å²) in [7, 11) is 0. The van der Waals surface area contributed by atoms with E-state index in [1.54, 1.807) is 0 Å². The van der Waals surface area contributed by atoms with Crippen LogP contribution in [0.25, 0.3) is 0 Å². The molecule has 49 heavy (non-hydrogen) atoms. The Morgan fingerprint density at radius 3 is 0.816 bits per heavy atom. The molecule has 0 aliphatic rings. The highest BCUT2D eigenvalue weighted by Gasteiger charge is 2.08. The molecule has 0 aliphatic heterocycles. The molecule has 0 aromatic carbocycles. The predicted octanol–water partition coefficient (Wildman–Crippen LogP) is 18.2. The van der Waals surface area contributed by atoms with Crippen molar-refractivity contribution in [2.45, 2.75) is 223 Å². The van der Waals surface area contributed by atoms with Crippen LogP contribution >= 0.6 is 0 Å². The highest BCUT2D eigenvalue weighted by atomic mass is 14.1. The van der Waals surface area contributed by atoms with Crippen molar-refractivity contribution in [2.24, 2.45) is 21.7 Å². The minimum atomic E-state index is 0.414. The maximum Gasteiger partial charge on any atom is -0.0288 e. The molecule has 0 heteroatoms. The first-order valence-electron chi connectivity index (χ1n) is 19.9. The second kappa shape index (κ2) is 29.1. The van der Waals surface area contributed by atoms with Gasteiger partial charge in [-0.05, 0) is 148 Å². The molecule has 290 valence electrons. The van der Waals surface area contributed by atoms with E-state index < -0.39 is 0 Å². The molecule has 0 aliphatic carbocycles. The lowest BCUT2D eigenvalue weighted by Gasteiger charge is -2.15. The van der Waals surface area contributed by atoms with Gasteiger partial charge in [0.05, 0.1) is 0 Å². The molecular formula is C49H94. The van der Waals surface area contributed by atoms with Crippen molar-refractivity contribution >= 4 is 0 Å². The van der Waals surface area contributed by atoms with Gasteiger partial charge in [-0.3, -0.25) is 0 Å².